The molecule has 2 saturated heterocycles. The molecular weight excluding hydrogens is 504 g/mol. The van der Waals surface area contributed by atoms with E-state index in [1.807, 2.05) is 18.5 Å². The fraction of sp³-hybridized carbons (Fsp3) is 0.452. The van der Waals surface area contributed by atoms with Crippen molar-refractivity contribution in [3.63, 3.8) is 0 Å². The second-order valence-electron chi connectivity index (χ2n) is 11.2. The first-order valence-electron chi connectivity index (χ1n) is 14.4. The Kier molecular flexibility index (Phi) is 6.65. The second kappa shape index (κ2) is 10.5. The number of aromatic nitrogens is 4. The molecule has 2 aliphatic rings. The molecule has 7 rings (SSSR count). The maximum absolute atomic E-state index is 6.38. The van der Waals surface area contributed by atoms with E-state index in [4.69, 9.17) is 28.8 Å². The van der Waals surface area contributed by atoms with Gasteiger partial charge in [0.05, 0.1) is 31.3 Å². The molecule has 2 fully saturated rings. The summed E-state index contributed by atoms with van der Waals surface area (Å²) in [6.07, 6.45) is 5.25. The minimum absolute atomic E-state index is 0.217. The first kappa shape index (κ1) is 25.4. The van der Waals surface area contributed by atoms with Gasteiger partial charge in [-0.2, -0.15) is 0 Å². The van der Waals surface area contributed by atoms with Crippen LogP contribution in [0.25, 0.3) is 44.5 Å². The van der Waals surface area contributed by atoms with E-state index < -0.39 is 0 Å². The lowest BCUT2D eigenvalue weighted by Crippen LogP contribution is -2.51. The fourth-order valence-electron chi connectivity index (χ4n) is 6.13. The van der Waals surface area contributed by atoms with Crippen molar-refractivity contribution in [3.8, 4) is 11.4 Å². The highest BCUT2D eigenvalue weighted by atomic mass is 16.5. The van der Waals surface area contributed by atoms with Gasteiger partial charge in [0.1, 0.15) is 5.52 Å². The molecule has 208 valence electrons. The van der Waals surface area contributed by atoms with Gasteiger partial charge in [-0.3, -0.25) is 4.90 Å². The number of H-pyrrole nitrogens is 1. The molecule has 4 aromatic heterocycles. The number of hydrogen-bond donors (Lipinski definition) is 1. The van der Waals surface area contributed by atoms with Gasteiger partial charge in [0, 0.05) is 61.1 Å². The first-order valence-corrected chi connectivity index (χ1v) is 14.4. The lowest BCUT2D eigenvalue weighted by molar-refractivity contribution is -0.0740. The first-order chi connectivity index (χ1) is 19.6. The van der Waals surface area contributed by atoms with Gasteiger partial charge >= 0.3 is 0 Å². The van der Waals surface area contributed by atoms with Crippen LogP contribution in [0.3, 0.4) is 0 Å². The summed E-state index contributed by atoms with van der Waals surface area (Å²) in [7, 11) is 0. The predicted molar refractivity (Wildman–Crippen MR) is 156 cm³/mol. The second-order valence-corrected chi connectivity index (χ2v) is 11.2. The van der Waals surface area contributed by atoms with E-state index in [0.29, 0.717) is 42.3 Å². The van der Waals surface area contributed by atoms with Gasteiger partial charge in [-0.25, -0.2) is 15.0 Å². The Labute approximate surface area is 233 Å². The van der Waals surface area contributed by atoms with Crippen LogP contribution in [0.1, 0.15) is 32.8 Å². The van der Waals surface area contributed by atoms with Crippen LogP contribution in [0, 0.1) is 5.92 Å². The number of nitrogens with zero attached hydrogens (tertiary/aromatic N) is 5. The maximum atomic E-state index is 6.38. The van der Waals surface area contributed by atoms with Crippen LogP contribution in [0.5, 0.6) is 0 Å². The molecule has 0 amide bonds. The summed E-state index contributed by atoms with van der Waals surface area (Å²) >= 11 is 0. The van der Waals surface area contributed by atoms with E-state index in [1.54, 1.807) is 0 Å². The zero-order chi connectivity index (χ0) is 27.2. The zero-order valence-corrected chi connectivity index (χ0v) is 23.4. The standard InChI is InChI=1S/C31H36N6O3/c1-4-19(2)26-18-39-20(3)16-37(26)17-21-14-24-27-28(40-31(24)33-15-21)30(36-10-12-38-13-11-36)35-29(34-27)23-6-5-7-25-22(23)8-9-32-25/h5-9,14-15,19-20,26,32H,4,10-13,16-18H2,1-3H3/t19-,20+,26-/m0/s1. The van der Waals surface area contributed by atoms with Gasteiger partial charge in [0.2, 0.25) is 5.71 Å². The lowest BCUT2D eigenvalue weighted by Gasteiger charge is -2.41. The number of ether oxygens (including phenoxy) is 2. The molecule has 0 bridgehead atoms. The van der Waals surface area contributed by atoms with Gasteiger partial charge in [-0.15, -0.1) is 0 Å². The highest BCUT2D eigenvalue weighted by Gasteiger charge is 2.31. The summed E-state index contributed by atoms with van der Waals surface area (Å²) < 4.78 is 18.1. The van der Waals surface area contributed by atoms with Crippen LogP contribution < -0.4 is 4.90 Å². The van der Waals surface area contributed by atoms with E-state index in [9.17, 15) is 0 Å². The minimum atomic E-state index is 0.217. The normalized spacial score (nSPS) is 21.5. The number of furan rings is 1. The Morgan fingerprint density at radius 3 is 2.85 bits per heavy atom. The van der Waals surface area contributed by atoms with Crippen LogP contribution in [-0.2, 0) is 16.0 Å². The van der Waals surface area contributed by atoms with Gasteiger partial charge in [-0.05, 0) is 36.6 Å². The number of nitrogens with one attached hydrogen (secondary N) is 1. The largest absolute Gasteiger partial charge is 0.432 e. The van der Waals surface area contributed by atoms with E-state index in [2.05, 4.69) is 59.8 Å². The third kappa shape index (κ3) is 4.52. The predicted octanol–water partition coefficient (Wildman–Crippen LogP) is 5.39. The average Bonchev–Trinajstić information content (AvgIpc) is 3.61. The maximum Gasteiger partial charge on any atom is 0.229 e. The number of rotatable bonds is 6. The highest BCUT2D eigenvalue weighted by molar-refractivity contribution is 6.06. The third-order valence-electron chi connectivity index (χ3n) is 8.55. The summed E-state index contributed by atoms with van der Waals surface area (Å²) in [5.74, 6) is 2.04. The van der Waals surface area contributed by atoms with Crippen LogP contribution in [0.4, 0.5) is 5.82 Å². The monoisotopic (exact) mass is 540 g/mol. The van der Waals surface area contributed by atoms with Crippen molar-refractivity contribution in [3.05, 3.63) is 48.3 Å². The van der Waals surface area contributed by atoms with Crippen molar-refractivity contribution in [2.24, 2.45) is 5.92 Å². The Morgan fingerprint density at radius 2 is 2.00 bits per heavy atom. The molecule has 2 aliphatic heterocycles. The van der Waals surface area contributed by atoms with E-state index in [-0.39, 0.29) is 6.10 Å². The highest BCUT2D eigenvalue weighted by Crippen LogP contribution is 2.36. The Hall–Kier alpha value is -3.53. The number of anilines is 1. The number of hydrogen-bond acceptors (Lipinski definition) is 8. The van der Waals surface area contributed by atoms with E-state index >= 15 is 0 Å². The number of pyridine rings is 1. The molecule has 1 N–H and O–H groups in total. The molecule has 0 radical (unpaired) electrons. The average molecular weight is 541 g/mol. The minimum Gasteiger partial charge on any atom is -0.432 e. The van der Waals surface area contributed by atoms with Crippen molar-refractivity contribution < 1.29 is 13.9 Å². The van der Waals surface area contributed by atoms with Crippen molar-refractivity contribution in [1.29, 1.82) is 0 Å². The SMILES string of the molecule is CC[C@H](C)[C@@H]1CO[C@H](C)CN1Cc1cnc2oc3c(N4CCOCC4)nc(-c4cccc5[nH]ccc45)nc3c2c1. The summed E-state index contributed by atoms with van der Waals surface area (Å²) in [5.41, 5.74) is 5.28. The van der Waals surface area contributed by atoms with Gasteiger partial charge in [0.25, 0.3) is 0 Å². The molecule has 0 unspecified atom stereocenters. The Morgan fingerprint density at radius 1 is 1.12 bits per heavy atom. The molecule has 0 spiro atoms. The van der Waals surface area contributed by atoms with Crippen molar-refractivity contribution >= 4 is 38.9 Å². The number of benzene rings is 1. The third-order valence-corrected chi connectivity index (χ3v) is 8.55. The van der Waals surface area contributed by atoms with Crippen molar-refractivity contribution in [1.82, 2.24) is 24.8 Å². The van der Waals surface area contributed by atoms with Gasteiger partial charge in [0.15, 0.2) is 17.2 Å². The molecule has 0 aliphatic carbocycles. The number of aromatic amines is 1. The molecule has 9 nitrogen and oxygen atoms in total. The van der Waals surface area contributed by atoms with Crippen molar-refractivity contribution in [2.45, 2.75) is 45.9 Å². The van der Waals surface area contributed by atoms with Crippen LogP contribution in [-0.4, -0.2) is 76.4 Å². The quantitative estimate of drug-likeness (QED) is 0.306. The molecule has 6 heterocycles. The molecule has 0 saturated carbocycles. The van der Waals surface area contributed by atoms with Crippen molar-refractivity contribution in [2.75, 3.05) is 44.4 Å². The molecular formula is C31H36N6O3. The Balaban J connectivity index is 1.35. The lowest BCUT2D eigenvalue weighted by atomic mass is 9.96. The number of fused-ring (bicyclic) bond motifs is 4. The van der Waals surface area contributed by atoms with Gasteiger partial charge < -0.3 is 23.8 Å². The topological polar surface area (TPSA) is 92.5 Å². The summed E-state index contributed by atoms with van der Waals surface area (Å²) in [6, 6.07) is 10.9. The van der Waals surface area contributed by atoms with Crippen LogP contribution in [0.2, 0.25) is 0 Å². The zero-order valence-electron chi connectivity index (χ0n) is 23.4. The fourth-order valence-corrected chi connectivity index (χ4v) is 6.13. The summed E-state index contributed by atoms with van der Waals surface area (Å²) in [4.78, 5) is 23.1. The van der Waals surface area contributed by atoms with Gasteiger partial charge in [-0.1, -0.05) is 32.4 Å². The van der Waals surface area contributed by atoms with E-state index in [1.165, 1.54) is 0 Å². The van der Waals surface area contributed by atoms with Crippen LogP contribution in [0.15, 0.2) is 47.1 Å². The molecule has 9 heteroatoms. The molecule has 5 aromatic rings. The molecule has 1 aromatic carbocycles. The summed E-state index contributed by atoms with van der Waals surface area (Å²) in [6.45, 7) is 12.0. The number of morpholine rings is 2. The Bertz CT molecular complexity index is 1660. The molecule has 40 heavy (non-hydrogen) atoms. The smallest absolute Gasteiger partial charge is 0.229 e. The van der Waals surface area contributed by atoms with Crippen LogP contribution >= 0.6 is 0 Å². The molecule has 3 atom stereocenters. The van der Waals surface area contributed by atoms with E-state index in [0.717, 1.165) is 78.0 Å². The summed E-state index contributed by atoms with van der Waals surface area (Å²) in [5, 5.41) is 2.02.